The smallest absolute Gasteiger partial charge is 0.292 e. The Hall–Kier alpha value is -4.09. The number of hydrogen-bond acceptors (Lipinski definition) is 8. The van der Waals surface area contributed by atoms with Crippen molar-refractivity contribution < 1.29 is 19.6 Å². The number of carbonyl (C=O) groups is 1. The number of hydrogen-bond donors (Lipinski definition) is 2. The third kappa shape index (κ3) is 4.25. The Bertz CT molecular complexity index is 899. The van der Waals surface area contributed by atoms with Gasteiger partial charge in [0.25, 0.3) is 11.4 Å². The van der Waals surface area contributed by atoms with Gasteiger partial charge in [0, 0.05) is 17.7 Å². The highest BCUT2D eigenvalue weighted by molar-refractivity contribution is 5.81. The third-order valence-corrected chi connectivity index (χ3v) is 3.26. The minimum absolute atomic E-state index is 0.162. The maximum absolute atomic E-state index is 11.9. The Kier molecular flexibility index (Phi) is 5.37. The Morgan fingerprint density at radius 1 is 0.885 bits per heavy atom. The Morgan fingerprint density at radius 2 is 1.54 bits per heavy atom. The molecule has 0 fully saturated rings. The molecule has 0 radical (unpaired) electrons. The fraction of sp³-hybridized carbons (Fsp3) is 0.0714. The average molecular weight is 361 g/mol. The molecule has 2 rings (SSSR count). The first-order chi connectivity index (χ1) is 12.3. The average Bonchev–Trinajstić information content (AvgIpc) is 2.59. The van der Waals surface area contributed by atoms with E-state index in [9.17, 15) is 35.1 Å². The first-order valence-corrected chi connectivity index (χ1v) is 6.99. The monoisotopic (exact) mass is 361 g/mol. The van der Waals surface area contributed by atoms with Gasteiger partial charge in [0.1, 0.15) is 5.69 Å². The lowest BCUT2D eigenvalue weighted by Gasteiger charge is -2.09. The molecule has 0 aliphatic carbocycles. The van der Waals surface area contributed by atoms with Gasteiger partial charge in [0.05, 0.1) is 27.3 Å². The van der Waals surface area contributed by atoms with Crippen molar-refractivity contribution in [2.75, 3.05) is 5.43 Å². The van der Waals surface area contributed by atoms with E-state index in [1.54, 1.807) is 0 Å². The molecule has 0 aliphatic heterocycles. The van der Waals surface area contributed by atoms with E-state index in [4.69, 9.17) is 0 Å². The van der Waals surface area contributed by atoms with Crippen LogP contribution in [0.3, 0.4) is 0 Å². The summed E-state index contributed by atoms with van der Waals surface area (Å²) in [4.78, 5) is 42.3. The van der Waals surface area contributed by atoms with E-state index in [2.05, 4.69) is 10.9 Å². The van der Waals surface area contributed by atoms with E-state index in [0.717, 1.165) is 18.2 Å². The SMILES string of the molecule is O=C(Cc1ccccc1[N+](=O)[O-])NNc1ccc([N+](=O)[O-])cc1[N+](=O)[O-]. The highest BCUT2D eigenvalue weighted by Gasteiger charge is 2.20. The summed E-state index contributed by atoms with van der Waals surface area (Å²) >= 11 is 0. The number of nitrogens with one attached hydrogen (secondary N) is 2. The zero-order valence-corrected chi connectivity index (χ0v) is 12.9. The van der Waals surface area contributed by atoms with Gasteiger partial charge in [-0.1, -0.05) is 18.2 Å². The van der Waals surface area contributed by atoms with Crippen molar-refractivity contribution in [3.63, 3.8) is 0 Å². The molecule has 0 unspecified atom stereocenters. The molecule has 12 heteroatoms. The second kappa shape index (κ2) is 7.65. The van der Waals surface area contributed by atoms with E-state index in [0.29, 0.717) is 0 Å². The molecule has 1 amide bonds. The van der Waals surface area contributed by atoms with Gasteiger partial charge in [0.15, 0.2) is 0 Å². The van der Waals surface area contributed by atoms with Crippen molar-refractivity contribution in [2.45, 2.75) is 6.42 Å². The molecule has 0 saturated heterocycles. The van der Waals surface area contributed by atoms with Crippen molar-refractivity contribution in [3.05, 3.63) is 78.4 Å². The maximum Gasteiger partial charge on any atom is 0.300 e. The van der Waals surface area contributed by atoms with E-state index < -0.39 is 32.1 Å². The van der Waals surface area contributed by atoms with Gasteiger partial charge in [-0.3, -0.25) is 46.0 Å². The molecule has 2 aromatic carbocycles. The summed E-state index contributed by atoms with van der Waals surface area (Å²) in [7, 11) is 0. The number of benzene rings is 2. The molecular weight excluding hydrogens is 350 g/mol. The lowest BCUT2D eigenvalue weighted by Crippen LogP contribution is -2.31. The van der Waals surface area contributed by atoms with Crippen molar-refractivity contribution in [1.29, 1.82) is 0 Å². The summed E-state index contributed by atoms with van der Waals surface area (Å²) in [6, 6.07) is 8.49. The molecule has 2 N–H and O–H groups in total. The zero-order chi connectivity index (χ0) is 19.3. The minimum Gasteiger partial charge on any atom is -0.292 e. The largest absolute Gasteiger partial charge is 0.300 e. The molecule has 0 aromatic heterocycles. The highest BCUT2D eigenvalue weighted by atomic mass is 16.6. The van der Waals surface area contributed by atoms with Crippen LogP contribution in [0.2, 0.25) is 0 Å². The molecule has 0 heterocycles. The lowest BCUT2D eigenvalue weighted by molar-refractivity contribution is -0.393. The van der Waals surface area contributed by atoms with Gasteiger partial charge in [-0.15, -0.1) is 0 Å². The summed E-state index contributed by atoms with van der Waals surface area (Å²) in [5.74, 6) is -0.688. The fourth-order valence-electron chi connectivity index (χ4n) is 2.08. The molecular formula is C14H11N5O7. The second-order valence-electron chi connectivity index (χ2n) is 4.95. The zero-order valence-electron chi connectivity index (χ0n) is 12.9. The number of rotatable bonds is 7. The first-order valence-electron chi connectivity index (χ1n) is 6.99. The predicted molar refractivity (Wildman–Crippen MR) is 88.3 cm³/mol. The van der Waals surface area contributed by atoms with E-state index >= 15 is 0 Å². The topological polar surface area (TPSA) is 171 Å². The van der Waals surface area contributed by atoms with Gasteiger partial charge in [-0.25, -0.2) is 0 Å². The Morgan fingerprint density at radius 3 is 2.15 bits per heavy atom. The van der Waals surface area contributed by atoms with Crippen LogP contribution in [0.1, 0.15) is 5.56 Å². The molecule has 12 nitrogen and oxygen atoms in total. The van der Waals surface area contributed by atoms with Crippen molar-refractivity contribution in [2.24, 2.45) is 0 Å². The third-order valence-electron chi connectivity index (χ3n) is 3.26. The van der Waals surface area contributed by atoms with Crippen LogP contribution < -0.4 is 10.9 Å². The quantitative estimate of drug-likeness (QED) is 0.557. The summed E-state index contributed by atoms with van der Waals surface area (Å²) in [6.45, 7) is 0. The fourth-order valence-corrected chi connectivity index (χ4v) is 2.08. The number of carbonyl (C=O) groups excluding carboxylic acids is 1. The summed E-state index contributed by atoms with van der Waals surface area (Å²) in [5.41, 5.74) is 3.14. The van der Waals surface area contributed by atoms with Crippen LogP contribution in [0.15, 0.2) is 42.5 Å². The first kappa shape index (κ1) is 18.3. The standard InChI is InChI=1S/C14H11N5O7/c20-14(7-9-3-1-2-4-12(9)18(23)24)16-15-11-6-5-10(17(21)22)8-13(11)19(25)26/h1-6,8,15H,7H2,(H,16,20). The van der Waals surface area contributed by atoms with Gasteiger partial charge >= 0.3 is 5.69 Å². The second-order valence-corrected chi connectivity index (χ2v) is 4.95. The van der Waals surface area contributed by atoms with Gasteiger partial charge < -0.3 is 0 Å². The van der Waals surface area contributed by atoms with Crippen molar-refractivity contribution >= 4 is 28.7 Å². The summed E-state index contributed by atoms with van der Waals surface area (Å²) in [6.07, 6.45) is -0.342. The van der Waals surface area contributed by atoms with Crippen LogP contribution >= 0.6 is 0 Å². The van der Waals surface area contributed by atoms with Gasteiger partial charge in [-0.2, -0.15) is 0 Å². The molecule has 2 aromatic rings. The number of nitro groups is 3. The molecule has 0 bridgehead atoms. The molecule has 26 heavy (non-hydrogen) atoms. The lowest BCUT2D eigenvalue weighted by atomic mass is 10.1. The Labute approximate surface area is 144 Å². The summed E-state index contributed by atoms with van der Waals surface area (Å²) in [5, 5.41) is 32.6. The number of amides is 1. The van der Waals surface area contributed by atoms with Gasteiger partial charge in [-0.05, 0) is 6.07 Å². The predicted octanol–water partition coefficient (Wildman–Crippen LogP) is 2.10. The Balaban J connectivity index is 2.12. The van der Waals surface area contributed by atoms with Crippen LogP contribution in [0.25, 0.3) is 0 Å². The number of non-ortho nitro benzene ring substituents is 1. The molecule has 0 spiro atoms. The molecule has 134 valence electrons. The maximum atomic E-state index is 11.9. The molecule has 0 atom stereocenters. The van der Waals surface area contributed by atoms with E-state index in [1.807, 2.05) is 0 Å². The summed E-state index contributed by atoms with van der Waals surface area (Å²) < 4.78 is 0. The number of nitro benzene ring substituents is 3. The normalized spacial score (nSPS) is 10.0. The van der Waals surface area contributed by atoms with Crippen molar-refractivity contribution in [3.8, 4) is 0 Å². The number of anilines is 1. The molecule has 0 saturated carbocycles. The van der Waals surface area contributed by atoms with E-state index in [1.165, 1.54) is 24.3 Å². The van der Waals surface area contributed by atoms with Crippen LogP contribution in [-0.4, -0.2) is 20.7 Å². The van der Waals surface area contributed by atoms with Crippen molar-refractivity contribution in [1.82, 2.24) is 5.43 Å². The molecule has 0 aliphatic rings. The van der Waals surface area contributed by atoms with Crippen LogP contribution in [-0.2, 0) is 11.2 Å². The number of hydrazine groups is 1. The van der Waals surface area contributed by atoms with Crippen LogP contribution in [0.4, 0.5) is 22.7 Å². The van der Waals surface area contributed by atoms with Crippen LogP contribution in [0.5, 0.6) is 0 Å². The van der Waals surface area contributed by atoms with E-state index in [-0.39, 0.29) is 23.4 Å². The minimum atomic E-state index is -0.844. The van der Waals surface area contributed by atoms with Crippen LogP contribution in [0, 0.1) is 30.3 Å². The highest BCUT2D eigenvalue weighted by Crippen LogP contribution is 2.28. The number of para-hydroxylation sites is 1. The van der Waals surface area contributed by atoms with Gasteiger partial charge in [0.2, 0.25) is 5.91 Å². The number of nitrogens with zero attached hydrogens (tertiary/aromatic N) is 3.